The molecule has 1 aliphatic heterocycles. The summed E-state index contributed by atoms with van der Waals surface area (Å²) < 4.78 is 12.0. The molecule has 1 aromatic rings. The third-order valence-electron chi connectivity index (χ3n) is 3.09. The summed E-state index contributed by atoms with van der Waals surface area (Å²) in [6.07, 6.45) is 2.33. The molecule has 0 N–H and O–H groups in total. The van der Waals surface area contributed by atoms with Crippen LogP contribution >= 0.6 is 15.9 Å². The number of carbonyl (C=O) groups excluding carboxylic acids is 1. The van der Waals surface area contributed by atoms with E-state index in [1.54, 1.807) is 6.07 Å². The Labute approximate surface area is 122 Å². The maximum absolute atomic E-state index is 12.2. The van der Waals surface area contributed by atoms with E-state index in [4.69, 9.17) is 9.47 Å². The Morgan fingerprint density at radius 1 is 1.26 bits per heavy atom. The Morgan fingerprint density at radius 3 is 2.53 bits per heavy atom. The maximum atomic E-state index is 12.2. The van der Waals surface area contributed by atoms with Crippen LogP contribution in [0.2, 0.25) is 0 Å². The first-order chi connectivity index (χ1) is 9.08. The zero-order valence-electron chi connectivity index (χ0n) is 11.4. The summed E-state index contributed by atoms with van der Waals surface area (Å²) in [6, 6.07) is 3.64. The van der Waals surface area contributed by atoms with Crippen LogP contribution in [0.3, 0.4) is 0 Å². The first-order valence-corrected chi connectivity index (χ1v) is 7.49. The topological polar surface area (TPSA) is 35.5 Å². The molecule has 0 unspecified atom stereocenters. The van der Waals surface area contributed by atoms with Gasteiger partial charge in [0.25, 0.3) is 0 Å². The van der Waals surface area contributed by atoms with Crippen LogP contribution < -0.4 is 9.47 Å². The lowest BCUT2D eigenvalue weighted by Gasteiger charge is -2.11. The standard InChI is InChI=1S/C15H19BrO3/c1-10(2)4-5-13(17)11-8-14-15(9-12(11)16)19-7-3-6-18-14/h8-10H,3-7H2,1-2H3. The number of rotatable bonds is 4. The molecule has 0 saturated heterocycles. The molecular formula is C15H19BrO3. The van der Waals surface area contributed by atoms with E-state index in [1.165, 1.54) is 0 Å². The Morgan fingerprint density at radius 2 is 1.89 bits per heavy atom. The van der Waals surface area contributed by atoms with Crippen molar-refractivity contribution in [1.29, 1.82) is 0 Å². The lowest BCUT2D eigenvalue weighted by Crippen LogP contribution is -2.04. The van der Waals surface area contributed by atoms with Gasteiger partial charge in [-0.05, 0) is 40.4 Å². The van der Waals surface area contributed by atoms with Gasteiger partial charge in [0.15, 0.2) is 17.3 Å². The number of carbonyl (C=O) groups is 1. The Hall–Kier alpha value is -1.03. The van der Waals surface area contributed by atoms with Crippen LogP contribution in [0.1, 0.15) is 43.5 Å². The number of ether oxygens (including phenoxy) is 2. The highest BCUT2D eigenvalue weighted by Gasteiger charge is 2.18. The van der Waals surface area contributed by atoms with E-state index < -0.39 is 0 Å². The van der Waals surface area contributed by atoms with Crippen molar-refractivity contribution in [2.45, 2.75) is 33.1 Å². The summed E-state index contributed by atoms with van der Waals surface area (Å²) in [4.78, 5) is 12.2. The van der Waals surface area contributed by atoms with Gasteiger partial charge in [-0.1, -0.05) is 13.8 Å². The van der Waals surface area contributed by atoms with Crippen molar-refractivity contribution in [3.63, 3.8) is 0 Å². The van der Waals surface area contributed by atoms with E-state index in [0.29, 0.717) is 42.6 Å². The maximum Gasteiger partial charge on any atom is 0.164 e. The molecular weight excluding hydrogens is 308 g/mol. The van der Waals surface area contributed by atoms with Gasteiger partial charge in [0.1, 0.15) is 0 Å². The molecule has 0 radical (unpaired) electrons. The van der Waals surface area contributed by atoms with Crippen molar-refractivity contribution in [2.75, 3.05) is 13.2 Å². The fraction of sp³-hybridized carbons (Fsp3) is 0.533. The van der Waals surface area contributed by atoms with Crippen LogP contribution in [-0.2, 0) is 0 Å². The minimum absolute atomic E-state index is 0.149. The summed E-state index contributed by atoms with van der Waals surface area (Å²) in [6.45, 7) is 5.53. The minimum Gasteiger partial charge on any atom is -0.490 e. The summed E-state index contributed by atoms with van der Waals surface area (Å²) in [5, 5.41) is 0. The molecule has 4 heteroatoms. The second kappa shape index (κ2) is 6.42. The molecule has 0 fully saturated rings. The normalized spacial score (nSPS) is 14.3. The third kappa shape index (κ3) is 3.72. The Balaban J connectivity index is 2.21. The molecule has 0 spiro atoms. The van der Waals surface area contributed by atoms with Crippen molar-refractivity contribution in [1.82, 2.24) is 0 Å². The fourth-order valence-electron chi connectivity index (χ4n) is 1.95. The average molecular weight is 327 g/mol. The summed E-state index contributed by atoms with van der Waals surface area (Å²) in [5.74, 6) is 2.07. The predicted octanol–water partition coefficient (Wildman–Crippen LogP) is 4.23. The molecule has 0 aliphatic carbocycles. The van der Waals surface area contributed by atoms with Gasteiger partial charge in [-0.3, -0.25) is 4.79 Å². The predicted molar refractivity (Wildman–Crippen MR) is 78.2 cm³/mol. The monoisotopic (exact) mass is 326 g/mol. The molecule has 1 aliphatic rings. The van der Waals surface area contributed by atoms with Gasteiger partial charge in [-0.15, -0.1) is 0 Å². The minimum atomic E-state index is 0.149. The van der Waals surface area contributed by atoms with Crippen molar-refractivity contribution < 1.29 is 14.3 Å². The van der Waals surface area contributed by atoms with Gasteiger partial charge in [0.2, 0.25) is 0 Å². The molecule has 2 rings (SSSR count). The summed E-state index contributed by atoms with van der Waals surface area (Å²) >= 11 is 3.45. The SMILES string of the molecule is CC(C)CCC(=O)c1cc2c(cc1Br)OCCCO2. The first-order valence-electron chi connectivity index (χ1n) is 6.70. The molecule has 104 valence electrons. The second-order valence-electron chi connectivity index (χ2n) is 5.18. The number of fused-ring (bicyclic) bond motifs is 1. The van der Waals surface area contributed by atoms with E-state index in [0.717, 1.165) is 17.3 Å². The number of hydrogen-bond donors (Lipinski definition) is 0. The molecule has 0 amide bonds. The highest BCUT2D eigenvalue weighted by molar-refractivity contribution is 9.10. The van der Waals surface area contributed by atoms with E-state index in [-0.39, 0.29) is 5.78 Å². The van der Waals surface area contributed by atoms with E-state index in [9.17, 15) is 4.79 Å². The quantitative estimate of drug-likeness (QED) is 0.777. The second-order valence-corrected chi connectivity index (χ2v) is 6.04. The molecule has 0 bridgehead atoms. The molecule has 19 heavy (non-hydrogen) atoms. The van der Waals surface area contributed by atoms with E-state index in [1.807, 2.05) is 6.07 Å². The molecule has 0 atom stereocenters. The number of hydrogen-bond acceptors (Lipinski definition) is 3. The van der Waals surface area contributed by atoms with Crippen LogP contribution in [0.15, 0.2) is 16.6 Å². The molecule has 1 heterocycles. The van der Waals surface area contributed by atoms with Crippen LogP contribution in [-0.4, -0.2) is 19.0 Å². The van der Waals surface area contributed by atoms with Crippen LogP contribution in [0.5, 0.6) is 11.5 Å². The lowest BCUT2D eigenvalue weighted by molar-refractivity contribution is 0.0974. The number of ketones is 1. The molecule has 0 aromatic heterocycles. The largest absolute Gasteiger partial charge is 0.490 e. The highest BCUT2D eigenvalue weighted by atomic mass is 79.9. The zero-order valence-corrected chi connectivity index (χ0v) is 13.0. The molecule has 1 aromatic carbocycles. The van der Waals surface area contributed by atoms with Gasteiger partial charge in [0.05, 0.1) is 13.2 Å². The van der Waals surface area contributed by atoms with E-state index >= 15 is 0 Å². The van der Waals surface area contributed by atoms with Crippen molar-refractivity contribution in [2.24, 2.45) is 5.92 Å². The van der Waals surface area contributed by atoms with Gasteiger partial charge in [-0.25, -0.2) is 0 Å². The summed E-state index contributed by atoms with van der Waals surface area (Å²) in [5.41, 5.74) is 0.685. The smallest absolute Gasteiger partial charge is 0.164 e. The zero-order chi connectivity index (χ0) is 13.8. The number of halogens is 1. The molecule has 3 nitrogen and oxygen atoms in total. The Kier molecular flexibility index (Phi) is 4.86. The first kappa shape index (κ1) is 14.4. The van der Waals surface area contributed by atoms with Crippen molar-refractivity contribution in [3.05, 3.63) is 22.2 Å². The van der Waals surface area contributed by atoms with Gasteiger partial charge in [-0.2, -0.15) is 0 Å². The Bertz CT molecular complexity index is 469. The fourth-order valence-corrected chi connectivity index (χ4v) is 2.50. The van der Waals surface area contributed by atoms with Crippen molar-refractivity contribution in [3.8, 4) is 11.5 Å². The van der Waals surface area contributed by atoms with Crippen LogP contribution in [0.4, 0.5) is 0 Å². The van der Waals surface area contributed by atoms with E-state index in [2.05, 4.69) is 29.8 Å². The van der Waals surface area contributed by atoms with Crippen LogP contribution in [0, 0.1) is 5.92 Å². The lowest BCUT2D eigenvalue weighted by atomic mass is 10.0. The number of benzene rings is 1. The highest BCUT2D eigenvalue weighted by Crippen LogP contribution is 2.35. The van der Waals surface area contributed by atoms with Gasteiger partial charge < -0.3 is 9.47 Å². The third-order valence-corrected chi connectivity index (χ3v) is 3.74. The van der Waals surface area contributed by atoms with Crippen molar-refractivity contribution >= 4 is 21.7 Å². The number of Topliss-reactive ketones (excluding diaryl/α,β-unsaturated/α-hetero) is 1. The van der Waals surface area contributed by atoms with Gasteiger partial charge >= 0.3 is 0 Å². The molecule has 0 saturated carbocycles. The van der Waals surface area contributed by atoms with Gasteiger partial charge in [0, 0.05) is 22.9 Å². The average Bonchev–Trinajstić information content (AvgIpc) is 2.59. The summed E-state index contributed by atoms with van der Waals surface area (Å²) in [7, 11) is 0. The van der Waals surface area contributed by atoms with Crippen LogP contribution in [0.25, 0.3) is 0 Å².